The largest absolute Gasteiger partial charge is 0.348 e. The van der Waals surface area contributed by atoms with Gasteiger partial charge in [-0.1, -0.05) is 11.8 Å². The lowest BCUT2D eigenvalue weighted by atomic mass is 10.4. The first kappa shape index (κ1) is 21.7. The summed E-state index contributed by atoms with van der Waals surface area (Å²) in [5.41, 5.74) is 2.03. The Hall–Kier alpha value is -1.54. The first-order valence-electron chi connectivity index (χ1n) is 9.23. The van der Waals surface area contributed by atoms with Crippen LogP contribution in [0.5, 0.6) is 0 Å². The van der Waals surface area contributed by atoms with Crippen molar-refractivity contribution in [2.75, 3.05) is 12.3 Å². The number of nitrogens with zero attached hydrogens (tertiary/aromatic N) is 2. The van der Waals surface area contributed by atoms with E-state index >= 15 is 0 Å². The summed E-state index contributed by atoms with van der Waals surface area (Å²) >= 11 is 2.85. The van der Waals surface area contributed by atoms with Crippen LogP contribution >= 0.6 is 23.5 Å². The van der Waals surface area contributed by atoms with Gasteiger partial charge in [0.2, 0.25) is 10.0 Å². The quantitative estimate of drug-likeness (QED) is 0.484. The van der Waals surface area contributed by atoms with Crippen LogP contribution < -0.4 is 9.44 Å². The molecule has 2 aromatic rings. The number of hydrogen-bond acceptors (Lipinski definition) is 8. The van der Waals surface area contributed by atoms with Crippen molar-refractivity contribution in [2.24, 2.45) is 4.99 Å². The van der Waals surface area contributed by atoms with Gasteiger partial charge in [-0.05, 0) is 38.0 Å². The van der Waals surface area contributed by atoms with Crippen molar-refractivity contribution in [3.63, 3.8) is 0 Å². The van der Waals surface area contributed by atoms with E-state index in [1.54, 1.807) is 18.1 Å². The van der Waals surface area contributed by atoms with E-state index in [1.807, 2.05) is 6.92 Å². The molecule has 162 valence electrons. The van der Waals surface area contributed by atoms with Gasteiger partial charge in [0.1, 0.15) is 4.90 Å². The summed E-state index contributed by atoms with van der Waals surface area (Å²) in [5, 5.41) is 0.283. The molecule has 1 aliphatic heterocycles. The van der Waals surface area contributed by atoms with Crippen LogP contribution in [0.3, 0.4) is 0 Å². The molecular weight excluding hydrogens is 466 g/mol. The van der Waals surface area contributed by atoms with Gasteiger partial charge in [-0.25, -0.2) is 26.5 Å². The highest BCUT2D eigenvalue weighted by molar-refractivity contribution is 8.16. The van der Waals surface area contributed by atoms with Crippen LogP contribution in [0, 0.1) is 6.92 Å². The van der Waals surface area contributed by atoms with E-state index in [1.165, 1.54) is 30.0 Å². The summed E-state index contributed by atoms with van der Waals surface area (Å²) in [4.78, 5) is 12.0. The monoisotopic (exact) mass is 487 g/mol. The molecule has 0 bridgehead atoms. The maximum absolute atomic E-state index is 12.6. The van der Waals surface area contributed by atoms with E-state index in [4.69, 9.17) is 0 Å². The molecule has 1 aromatic carbocycles. The second kappa shape index (κ2) is 8.54. The van der Waals surface area contributed by atoms with E-state index < -0.39 is 20.0 Å². The van der Waals surface area contributed by atoms with E-state index in [0.717, 1.165) is 35.7 Å². The van der Waals surface area contributed by atoms with Crippen molar-refractivity contribution in [3.05, 3.63) is 35.9 Å². The molecule has 2 aliphatic rings. The Balaban J connectivity index is 1.42. The number of benzene rings is 1. The molecule has 0 saturated heterocycles. The van der Waals surface area contributed by atoms with E-state index in [9.17, 15) is 16.8 Å². The molecule has 1 saturated carbocycles. The number of rotatable bonds is 8. The molecule has 1 fully saturated rings. The summed E-state index contributed by atoms with van der Waals surface area (Å²) in [6, 6.07) is 4.10. The maximum Gasteiger partial charge on any atom is 0.264 e. The van der Waals surface area contributed by atoms with Crippen LogP contribution in [0.2, 0.25) is 0 Å². The Labute approximate surface area is 184 Å². The lowest BCUT2D eigenvalue weighted by molar-refractivity contribution is 0.580. The number of imidazole rings is 1. The number of nitrogens with one attached hydrogen (secondary N) is 3. The van der Waals surface area contributed by atoms with Crippen molar-refractivity contribution in [2.45, 2.75) is 46.2 Å². The Kier molecular flexibility index (Phi) is 6.17. The zero-order chi connectivity index (χ0) is 21.4. The summed E-state index contributed by atoms with van der Waals surface area (Å²) in [6.45, 7) is 2.42. The number of aryl methyl sites for hydroxylation is 1. The van der Waals surface area contributed by atoms with Gasteiger partial charge in [0.25, 0.3) is 10.0 Å². The summed E-state index contributed by atoms with van der Waals surface area (Å²) in [6.07, 6.45) is 3.27. The summed E-state index contributed by atoms with van der Waals surface area (Å²) < 4.78 is 55.1. The lowest BCUT2D eigenvalue weighted by Gasteiger charge is -2.20. The van der Waals surface area contributed by atoms with Crippen LogP contribution in [-0.4, -0.2) is 50.3 Å². The van der Waals surface area contributed by atoms with E-state index in [-0.39, 0.29) is 21.0 Å². The number of aliphatic imine (C=N–C) groups is 1. The first-order chi connectivity index (χ1) is 14.2. The van der Waals surface area contributed by atoms with Crippen LogP contribution in [-0.2, 0) is 25.8 Å². The summed E-state index contributed by atoms with van der Waals surface area (Å²) in [7, 11) is -7.61. The molecule has 9 nitrogen and oxygen atoms in total. The van der Waals surface area contributed by atoms with Crippen molar-refractivity contribution in [3.8, 4) is 0 Å². The van der Waals surface area contributed by atoms with Gasteiger partial charge in [0, 0.05) is 28.1 Å². The average molecular weight is 488 g/mol. The number of amidine groups is 1. The molecule has 13 heteroatoms. The van der Waals surface area contributed by atoms with Crippen molar-refractivity contribution >= 4 is 48.7 Å². The summed E-state index contributed by atoms with van der Waals surface area (Å²) in [5.74, 6) is 1.48. The molecule has 0 radical (unpaired) electrons. The number of fused-ring (bicyclic) bond motifs is 1. The predicted octanol–water partition coefficient (Wildman–Crippen LogP) is 1.83. The van der Waals surface area contributed by atoms with Crippen LogP contribution in [0.1, 0.15) is 24.2 Å². The highest BCUT2D eigenvalue weighted by Gasteiger charge is 2.32. The molecule has 0 unspecified atom stereocenters. The molecule has 0 amide bonds. The Bertz CT molecular complexity index is 1190. The van der Waals surface area contributed by atoms with Crippen molar-refractivity contribution < 1.29 is 16.8 Å². The van der Waals surface area contributed by atoms with E-state index in [0.29, 0.717) is 11.4 Å². The Morgan fingerprint density at radius 1 is 1.37 bits per heavy atom. The second-order valence-corrected chi connectivity index (χ2v) is 12.4. The minimum absolute atomic E-state index is 0.0477. The first-order valence-corrected chi connectivity index (χ1v) is 14.2. The molecule has 3 N–H and O–H groups in total. The fraction of sp³-hybridized carbons (Fsp3) is 0.412. The molecule has 1 aromatic heterocycles. The van der Waals surface area contributed by atoms with Crippen molar-refractivity contribution in [1.29, 1.82) is 0 Å². The third kappa shape index (κ3) is 5.02. The minimum Gasteiger partial charge on any atom is -0.348 e. The number of thioether (sulfide) groups is 2. The molecular formula is C17H21N5O4S4. The highest BCUT2D eigenvalue weighted by atomic mass is 32.2. The zero-order valence-corrected chi connectivity index (χ0v) is 19.3. The lowest BCUT2D eigenvalue weighted by Crippen LogP contribution is -2.33. The molecule has 2 heterocycles. The minimum atomic E-state index is -3.89. The normalized spacial score (nSPS) is 19.4. The fourth-order valence-corrected chi connectivity index (χ4v) is 7.59. The predicted molar refractivity (Wildman–Crippen MR) is 118 cm³/mol. The van der Waals surface area contributed by atoms with Gasteiger partial charge in [-0.3, -0.25) is 9.71 Å². The van der Waals surface area contributed by atoms with Gasteiger partial charge in [0.15, 0.2) is 5.17 Å². The zero-order valence-electron chi connectivity index (χ0n) is 16.1. The number of sulfonamides is 2. The maximum atomic E-state index is 12.6. The Morgan fingerprint density at radius 3 is 2.87 bits per heavy atom. The number of aromatic amines is 1. The highest BCUT2D eigenvalue weighted by Crippen LogP contribution is 2.34. The number of hydrogen-bond donors (Lipinski definition) is 3. The van der Waals surface area contributed by atoms with Gasteiger partial charge < -0.3 is 4.98 Å². The van der Waals surface area contributed by atoms with Crippen LogP contribution in [0.15, 0.2) is 44.2 Å². The molecule has 1 aliphatic carbocycles. The Morgan fingerprint density at radius 2 is 2.17 bits per heavy atom. The number of aromatic nitrogens is 2. The molecule has 30 heavy (non-hydrogen) atoms. The van der Waals surface area contributed by atoms with Gasteiger partial charge in [0.05, 0.1) is 23.5 Å². The standard InChI is InChI=1S/C17H21N5O4S4/c1-11-14(20-10-19-11)9-27-7-6-18-17-22-30(25,26)16-8-13(4-5-15(16)28-17)29(23,24)21-12-2-3-12/h4-5,8,10,12,21H,2-3,6-7,9H2,1H3,(H,18,22)(H,19,20). The van der Waals surface area contributed by atoms with Crippen molar-refractivity contribution in [1.82, 2.24) is 19.4 Å². The smallest absolute Gasteiger partial charge is 0.264 e. The van der Waals surface area contributed by atoms with Gasteiger partial charge in [-0.15, -0.1) is 0 Å². The van der Waals surface area contributed by atoms with E-state index in [2.05, 4.69) is 24.4 Å². The third-order valence-electron chi connectivity index (χ3n) is 4.51. The fourth-order valence-electron chi connectivity index (χ4n) is 2.71. The van der Waals surface area contributed by atoms with Crippen LogP contribution in [0.4, 0.5) is 0 Å². The second-order valence-electron chi connectivity index (χ2n) is 6.93. The third-order valence-corrected chi connectivity index (χ3v) is 9.61. The topological polar surface area (TPSA) is 133 Å². The van der Waals surface area contributed by atoms with Crippen LogP contribution in [0.25, 0.3) is 0 Å². The molecule has 0 spiro atoms. The average Bonchev–Trinajstić information content (AvgIpc) is 3.39. The van der Waals surface area contributed by atoms with Gasteiger partial charge in [-0.2, -0.15) is 11.8 Å². The SMILES string of the molecule is Cc1[nH]cnc1CSCCN=C1NS(=O)(=O)c2cc(S(=O)(=O)NC3CC3)ccc2S1. The van der Waals surface area contributed by atoms with Gasteiger partial charge >= 0.3 is 0 Å². The molecule has 4 rings (SSSR count). The molecule has 0 atom stereocenters. The number of H-pyrrole nitrogens is 1.